The van der Waals surface area contributed by atoms with Crippen LogP contribution in [0.3, 0.4) is 0 Å². The molecule has 166 valence electrons. The van der Waals surface area contributed by atoms with Crippen LogP contribution in [0.25, 0.3) is 11.0 Å². The summed E-state index contributed by atoms with van der Waals surface area (Å²) in [5.74, 6) is 4.30. The number of amides is 2. The number of aromatic nitrogens is 3. The maximum absolute atomic E-state index is 13.0. The fraction of sp³-hybridized carbons (Fsp3) is 0.667. The average Bonchev–Trinajstić information content (AvgIpc) is 3.29. The van der Waals surface area contributed by atoms with Crippen molar-refractivity contribution in [2.45, 2.75) is 19.8 Å². The third kappa shape index (κ3) is 2.05. The van der Waals surface area contributed by atoms with Gasteiger partial charge in [0.25, 0.3) is 5.91 Å². The van der Waals surface area contributed by atoms with E-state index in [1.807, 2.05) is 21.9 Å². The van der Waals surface area contributed by atoms with Gasteiger partial charge in [-0.05, 0) is 60.1 Å². The van der Waals surface area contributed by atoms with Crippen molar-refractivity contribution < 1.29 is 14.3 Å². The van der Waals surface area contributed by atoms with Gasteiger partial charge in [-0.3, -0.25) is 4.79 Å². The Hall–Kier alpha value is -2.64. The van der Waals surface area contributed by atoms with E-state index in [2.05, 4.69) is 22.3 Å². The van der Waals surface area contributed by atoms with Crippen molar-refractivity contribution in [1.82, 2.24) is 25.2 Å². The molecule has 1 aromatic heterocycles. The van der Waals surface area contributed by atoms with Gasteiger partial charge in [-0.25, -0.2) is 4.79 Å². The second-order valence-electron chi connectivity index (χ2n) is 11.6. The lowest BCUT2D eigenvalue weighted by Gasteiger charge is -2.27. The molecule has 0 radical (unpaired) electrons. The minimum atomic E-state index is -0.143. The van der Waals surface area contributed by atoms with E-state index in [-0.39, 0.29) is 12.0 Å². The Balaban J connectivity index is 0.886. The number of aromatic amines is 1. The van der Waals surface area contributed by atoms with Crippen molar-refractivity contribution in [3.8, 4) is 0 Å². The molecule has 4 unspecified atom stereocenters. The first-order chi connectivity index (χ1) is 15.5. The number of hydrogen-bond acceptors (Lipinski definition) is 5. The molecule has 2 aliphatic heterocycles. The molecule has 2 saturated heterocycles. The van der Waals surface area contributed by atoms with E-state index >= 15 is 0 Å². The summed E-state index contributed by atoms with van der Waals surface area (Å²) in [6.45, 7) is 5.85. The number of carbonyl (C=O) groups excluding carboxylic acids is 2. The molecule has 8 atom stereocenters. The number of likely N-dealkylation sites (tertiary alicyclic amines) is 2. The van der Waals surface area contributed by atoms with E-state index in [0.29, 0.717) is 66.5 Å². The summed E-state index contributed by atoms with van der Waals surface area (Å²) in [4.78, 5) is 29.6. The zero-order valence-corrected chi connectivity index (χ0v) is 18.2. The van der Waals surface area contributed by atoms with Gasteiger partial charge in [-0.1, -0.05) is 6.92 Å². The third-order valence-corrected chi connectivity index (χ3v) is 10.3. The van der Waals surface area contributed by atoms with Crippen LogP contribution < -0.4 is 0 Å². The van der Waals surface area contributed by atoms with E-state index in [4.69, 9.17) is 4.74 Å². The molecule has 2 amide bonds. The van der Waals surface area contributed by atoms with Gasteiger partial charge in [0.15, 0.2) is 0 Å². The third-order valence-electron chi connectivity index (χ3n) is 10.3. The molecule has 1 N–H and O–H groups in total. The summed E-state index contributed by atoms with van der Waals surface area (Å²) in [7, 11) is 0. The van der Waals surface area contributed by atoms with Gasteiger partial charge in [0, 0.05) is 49.0 Å². The van der Waals surface area contributed by atoms with Gasteiger partial charge < -0.3 is 14.5 Å². The summed E-state index contributed by atoms with van der Waals surface area (Å²) in [6, 6.07) is 5.43. The Bertz CT molecular complexity index is 1180. The fourth-order valence-corrected chi connectivity index (χ4v) is 8.86. The Morgan fingerprint density at radius 3 is 2.53 bits per heavy atom. The zero-order chi connectivity index (χ0) is 21.4. The monoisotopic (exact) mass is 433 g/mol. The number of nitrogens with one attached hydrogen (secondary N) is 1. The first kappa shape index (κ1) is 17.9. The lowest BCUT2D eigenvalue weighted by molar-refractivity contribution is 0.0668. The van der Waals surface area contributed by atoms with Crippen LogP contribution >= 0.6 is 0 Å². The van der Waals surface area contributed by atoms with Crippen molar-refractivity contribution in [3.63, 3.8) is 0 Å². The van der Waals surface area contributed by atoms with Gasteiger partial charge >= 0.3 is 6.09 Å². The number of nitrogens with zero attached hydrogens (tertiary/aromatic N) is 4. The molecule has 0 spiro atoms. The second-order valence-corrected chi connectivity index (χ2v) is 11.6. The molecule has 8 rings (SSSR count). The quantitative estimate of drug-likeness (QED) is 0.803. The molecule has 2 aromatic rings. The summed E-state index contributed by atoms with van der Waals surface area (Å²) in [5.41, 5.74) is 3.00. The predicted molar refractivity (Wildman–Crippen MR) is 113 cm³/mol. The van der Waals surface area contributed by atoms with Gasteiger partial charge in [-0.2, -0.15) is 15.4 Å². The van der Waals surface area contributed by atoms with Gasteiger partial charge in [0.2, 0.25) is 0 Å². The summed E-state index contributed by atoms with van der Waals surface area (Å²) >= 11 is 0. The Morgan fingerprint density at radius 2 is 1.81 bits per heavy atom. The van der Waals surface area contributed by atoms with Crippen LogP contribution in [0.2, 0.25) is 0 Å². The first-order valence-electron chi connectivity index (χ1n) is 12.0. The lowest BCUT2D eigenvalue weighted by atomic mass is 9.82. The van der Waals surface area contributed by atoms with Crippen LogP contribution in [0.15, 0.2) is 18.2 Å². The maximum atomic E-state index is 13.0. The molecule has 8 nitrogen and oxygen atoms in total. The number of fused-ring (bicyclic) bond motifs is 4. The Morgan fingerprint density at radius 1 is 1.06 bits per heavy atom. The highest BCUT2D eigenvalue weighted by Gasteiger charge is 2.91. The van der Waals surface area contributed by atoms with Crippen LogP contribution in [0, 0.1) is 46.3 Å². The largest absolute Gasteiger partial charge is 0.449 e. The SMILES string of the molecule is CC12CC3(COC(=O)N4C[C@@H]5CN(C(=O)c6ccc7n[nH]nc7c6)C[C@@H]5C4)C4C1[C@H]2C[C@@H]43. The number of hydrogen-bond donors (Lipinski definition) is 1. The van der Waals surface area contributed by atoms with Gasteiger partial charge in [0.05, 0.1) is 6.61 Å². The molecular formula is C24H27N5O3. The van der Waals surface area contributed by atoms with Crippen LogP contribution in [-0.2, 0) is 4.74 Å². The Kier molecular flexibility index (Phi) is 3.05. The van der Waals surface area contributed by atoms with Crippen LogP contribution in [-0.4, -0.2) is 70.0 Å². The molecule has 8 heteroatoms. The van der Waals surface area contributed by atoms with Crippen molar-refractivity contribution >= 4 is 23.0 Å². The molecule has 6 aliphatic rings. The standard InChI is InChI=1S/C24H27N5O3/c1-23-10-24(16-5-15(23)19(23)20(16)24)11-32-22(31)29-8-13-6-28(7-14(13)9-29)21(30)12-2-3-17-18(4-12)26-27-25-17/h2-4,13-16,19-20H,5-11H2,1H3,(H,25,26,27)/t13-,14+,15-,16+,19?,20?,23?,24?/m1/s1. The van der Waals surface area contributed by atoms with E-state index in [0.717, 1.165) is 29.2 Å². The molecule has 32 heavy (non-hydrogen) atoms. The average molecular weight is 434 g/mol. The van der Waals surface area contributed by atoms with E-state index in [9.17, 15) is 9.59 Å². The lowest BCUT2D eigenvalue weighted by Crippen LogP contribution is -2.37. The van der Waals surface area contributed by atoms with Crippen LogP contribution in [0.5, 0.6) is 0 Å². The van der Waals surface area contributed by atoms with Gasteiger partial charge in [0.1, 0.15) is 11.0 Å². The minimum absolute atomic E-state index is 0.0318. The number of rotatable bonds is 3. The summed E-state index contributed by atoms with van der Waals surface area (Å²) < 4.78 is 5.90. The van der Waals surface area contributed by atoms with Crippen molar-refractivity contribution in [1.29, 1.82) is 0 Å². The number of benzene rings is 1. The van der Waals surface area contributed by atoms with Crippen molar-refractivity contribution in [3.05, 3.63) is 23.8 Å². The zero-order valence-electron chi connectivity index (χ0n) is 18.2. The van der Waals surface area contributed by atoms with Crippen LogP contribution in [0.4, 0.5) is 4.79 Å². The number of H-pyrrole nitrogens is 1. The molecule has 1 aromatic carbocycles. The summed E-state index contributed by atoms with van der Waals surface area (Å²) in [6.07, 6.45) is 2.51. The smallest absolute Gasteiger partial charge is 0.409 e. The highest BCUT2D eigenvalue weighted by molar-refractivity contribution is 5.97. The van der Waals surface area contributed by atoms with E-state index in [1.54, 1.807) is 6.07 Å². The molecule has 4 aliphatic carbocycles. The molecular weight excluding hydrogens is 406 g/mol. The predicted octanol–water partition coefficient (Wildman–Crippen LogP) is 2.39. The van der Waals surface area contributed by atoms with E-state index in [1.165, 1.54) is 12.8 Å². The second kappa shape index (κ2) is 5.46. The summed E-state index contributed by atoms with van der Waals surface area (Å²) in [5, 5.41) is 10.7. The molecule has 0 bridgehead atoms. The van der Waals surface area contributed by atoms with E-state index < -0.39 is 0 Å². The minimum Gasteiger partial charge on any atom is -0.449 e. The molecule has 6 fully saturated rings. The highest BCUT2D eigenvalue weighted by atomic mass is 16.6. The topological polar surface area (TPSA) is 91.4 Å². The van der Waals surface area contributed by atoms with Gasteiger partial charge in [-0.15, -0.1) is 0 Å². The van der Waals surface area contributed by atoms with Crippen LogP contribution in [0.1, 0.15) is 30.1 Å². The molecule has 4 saturated carbocycles. The normalized spacial score (nSPS) is 44.2. The van der Waals surface area contributed by atoms with Crippen molar-refractivity contribution in [2.24, 2.45) is 46.3 Å². The Labute approximate surface area is 185 Å². The number of ether oxygens (including phenoxy) is 1. The highest BCUT2D eigenvalue weighted by Crippen LogP contribution is 2.94. The van der Waals surface area contributed by atoms with Crippen molar-refractivity contribution in [2.75, 3.05) is 32.8 Å². The maximum Gasteiger partial charge on any atom is 0.409 e. The molecule has 3 heterocycles. The number of carbonyl (C=O) groups is 2. The first-order valence-corrected chi connectivity index (χ1v) is 12.0. The fourth-order valence-electron chi connectivity index (χ4n) is 8.86.